The van der Waals surface area contributed by atoms with Crippen molar-refractivity contribution in [1.82, 2.24) is 20.1 Å². The zero-order chi connectivity index (χ0) is 24.2. The number of benzene rings is 2. The number of nitrogens with zero attached hydrogens (tertiary/aromatic N) is 3. The van der Waals surface area contributed by atoms with E-state index >= 15 is 0 Å². The normalized spacial score (nSPS) is 10.5. The number of amides is 1. The van der Waals surface area contributed by atoms with Crippen LogP contribution in [0.2, 0.25) is 0 Å². The lowest BCUT2D eigenvalue weighted by Crippen LogP contribution is -2.29. The molecule has 0 atom stereocenters. The number of carbonyl (C=O) groups is 1. The number of aromatic nitrogens is 3. The van der Waals surface area contributed by atoms with Crippen LogP contribution >= 0.6 is 11.8 Å². The highest BCUT2D eigenvalue weighted by atomic mass is 32.2. The second-order valence-electron chi connectivity index (χ2n) is 6.91. The second-order valence-corrected chi connectivity index (χ2v) is 7.85. The Kier molecular flexibility index (Phi) is 9.78. The number of hydrogen-bond donors (Lipinski definition) is 1. The number of nitrogens with one attached hydrogen (secondary N) is 1. The first-order chi connectivity index (χ1) is 16.6. The van der Waals surface area contributed by atoms with E-state index in [4.69, 9.17) is 14.2 Å². The van der Waals surface area contributed by atoms with Crippen LogP contribution in [0.1, 0.15) is 12.7 Å². The standard InChI is InChI=1S/C24H27FN4O4S/c1-3-14-29-22(16-33-21-8-6-5-7-20(21)25)27-28-24(29)34-17-23(30)26-13-15-32-19-11-9-18(10-12-19)31-4-2/h3,5-12H,1,4,13-17H2,2H3,(H,26,30). The van der Waals surface area contributed by atoms with Gasteiger partial charge in [0.05, 0.1) is 18.9 Å². The minimum atomic E-state index is -0.449. The van der Waals surface area contributed by atoms with Crippen LogP contribution in [-0.2, 0) is 17.9 Å². The highest BCUT2D eigenvalue weighted by molar-refractivity contribution is 7.99. The maximum absolute atomic E-state index is 13.8. The molecule has 0 spiro atoms. The molecule has 3 aromatic rings. The molecule has 3 rings (SSSR count). The summed E-state index contributed by atoms with van der Waals surface area (Å²) in [7, 11) is 0. The van der Waals surface area contributed by atoms with Crippen molar-refractivity contribution in [2.24, 2.45) is 0 Å². The Morgan fingerprint density at radius 3 is 2.56 bits per heavy atom. The summed E-state index contributed by atoms with van der Waals surface area (Å²) in [4.78, 5) is 12.2. The number of para-hydroxylation sites is 1. The van der Waals surface area contributed by atoms with Gasteiger partial charge in [-0.2, -0.15) is 0 Å². The van der Waals surface area contributed by atoms with Crippen LogP contribution in [0.15, 0.2) is 66.3 Å². The predicted molar refractivity (Wildman–Crippen MR) is 128 cm³/mol. The number of ether oxygens (including phenoxy) is 3. The fourth-order valence-corrected chi connectivity index (χ4v) is 3.68. The molecular weight excluding hydrogens is 459 g/mol. The number of carbonyl (C=O) groups excluding carboxylic acids is 1. The molecule has 10 heteroatoms. The van der Waals surface area contributed by atoms with Gasteiger partial charge < -0.3 is 19.5 Å². The minimum absolute atomic E-state index is 0.0391. The third kappa shape index (κ3) is 7.51. The number of halogens is 1. The van der Waals surface area contributed by atoms with Crippen LogP contribution in [0.5, 0.6) is 17.2 Å². The molecule has 8 nitrogen and oxygen atoms in total. The summed E-state index contributed by atoms with van der Waals surface area (Å²) >= 11 is 1.25. The second kappa shape index (κ2) is 13.2. The molecule has 1 heterocycles. The summed E-state index contributed by atoms with van der Waals surface area (Å²) in [5, 5.41) is 11.6. The molecule has 1 N–H and O–H groups in total. The highest BCUT2D eigenvalue weighted by Crippen LogP contribution is 2.20. The van der Waals surface area contributed by atoms with Gasteiger partial charge >= 0.3 is 0 Å². The van der Waals surface area contributed by atoms with Gasteiger partial charge in [0.2, 0.25) is 5.91 Å². The van der Waals surface area contributed by atoms with Crippen LogP contribution < -0.4 is 19.5 Å². The molecule has 0 aliphatic rings. The topological polar surface area (TPSA) is 87.5 Å². The number of rotatable bonds is 14. The summed E-state index contributed by atoms with van der Waals surface area (Å²) < 4.78 is 32.1. The number of hydrogen-bond acceptors (Lipinski definition) is 7. The van der Waals surface area contributed by atoms with Crippen LogP contribution in [0.25, 0.3) is 0 Å². The van der Waals surface area contributed by atoms with Crippen molar-refractivity contribution in [3.8, 4) is 17.2 Å². The first-order valence-corrected chi connectivity index (χ1v) is 11.7. The average molecular weight is 487 g/mol. The fraction of sp³-hybridized carbons (Fsp3) is 0.292. The summed E-state index contributed by atoms with van der Waals surface area (Å²) in [6.45, 7) is 7.47. The van der Waals surface area contributed by atoms with Gasteiger partial charge in [-0.15, -0.1) is 16.8 Å². The molecule has 1 amide bonds. The Hall–Kier alpha value is -3.53. The van der Waals surface area contributed by atoms with Crippen LogP contribution in [0.4, 0.5) is 4.39 Å². The molecular formula is C24H27FN4O4S. The first kappa shape index (κ1) is 25.1. The van der Waals surface area contributed by atoms with Crippen molar-refractivity contribution in [1.29, 1.82) is 0 Å². The van der Waals surface area contributed by atoms with E-state index in [0.29, 0.717) is 43.0 Å². The van der Waals surface area contributed by atoms with Crippen molar-refractivity contribution in [2.45, 2.75) is 25.2 Å². The Morgan fingerprint density at radius 1 is 1.12 bits per heavy atom. The van der Waals surface area contributed by atoms with Crippen LogP contribution in [0, 0.1) is 5.82 Å². The number of allylic oxidation sites excluding steroid dienone is 1. The Morgan fingerprint density at radius 2 is 1.85 bits per heavy atom. The smallest absolute Gasteiger partial charge is 0.230 e. The Bertz CT molecular complexity index is 1080. The quantitative estimate of drug-likeness (QED) is 0.210. The van der Waals surface area contributed by atoms with Crippen molar-refractivity contribution in [3.05, 3.63) is 72.8 Å². The van der Waals surface area contributed by atoms with Gasteiger partial charge in [0.25, 0.3) is 0 Å². The molecule has 0 radical (unpaired) electrons. The van der Waals surface area contributed by atoms with E-state index in [1.54, 1.807) is 28.8 Å². The zero-order valence-corrected chi connectivity index (χ0v) is 19.7. The third-order valence-electron chi connectivity index (χ3n) is 4.46. The van der Waals surface area contributed by atoms with E-state index in [0.717, 1.165) is 5.75 Å². The highest BCUT2D eigenvalue weighted by Gasteiger charge is 2.14. The van der Waals surface area contributed by atoms with Gasteiger partial charge in [-0.1, -0.05) is 30.0 Å². The molecule has 34 heavy (non-hydrogen) atoms. The lowest BCUT2D eigenvalue weighted by molar-refractivity contribution is -0.118. The molecule has 1 aromatic heterocycles. The molecule has 0 unspecified atom stereocenters. The summed E-state index contributed by atoms with van der Waals surface area (Å²) in [5.41, 5.74) is 0. The van der Waals surface area contributed by atoms with Crippen molar-refractivity contribution in [2.75, 3.05) is 25.5 Å². The van der Waals surface area contributed by atoms with Crippen LogP contribution in [0.3, 0.4) is 0 Å². The van der Waals surface area contributed by atoms with Gasteiger partial charge in [0.15, 0.2) is 22.5 Å². The van der Waals surface area contributed by atoms with Gasteiger partial charge in [-0.05, 0) is 43.3 Å². The van der Waals surface area contributed by atoms with Gasteiger partial charge in [0, 0.05) is 6.54 Å². The fourth-order valence-electron chi connectivity index (χ4n) is 2.89. The van der Waals surface area contributed by atoms with Crippen molar-refractivity contribution in [3.63, 3.8) is 0 Å². The molecule has 0 aliphatic heterocycles. The van der Waals surface area contributed by atoms with E-state index < -0.39 is 5.82 Å². The SMILES string of the molecule is C=CCn1c(COc2ccccc2F)nnc1SCC(=O)NCCOc1ccc(OCC)cc1. The van der Waals surface area contributed by atoms with Gasteiger partial charge in [-0.3, -0.25) is 9.36 Å². The van der Waals surface area contributed by atoms with E-state index in [9.17, 15) is 9.18 Å². The summed E-state index contributed by atoms with van der Waals surface area (Å²) in [6.07, 6.45) is 1.69. The van der Waals surface area contributed by atoms with Crippen LogP contribution in [-0.4, -0.2) is 46.2 Å². The summed E-state index contributed by atoms with van der Waals surface area (Å²) in [6, 6.07) is 13.5. The Balaban J connectivity index is 1.43. The largest absolute Gasteiger partial charge is 0.494 e. The first-order valence-electron chi connectivity index (χ1n) is 10.8. The van der Waals surface area contributed by atoms with E-state index in [-0.39, 0.29) is 24.0 Å². The van der Waals surface area contributed by atoms with Gasteiger partial charge in [0.1, 0.15) is 24.7 Å². The molecule has 0 saturated heterocycles. The van der Waals surface area contributed by atoms with Gasteiger partial charge in [-0.25, -0.2) is 4.39 Å². The molecule has 2 aromatic carbocycles. The number of thioether (sulfide) groups is 1. The molecule has 0 bridgehead atoms. The van der Waals surface area contributed by atoms with E-state index in [2.05, 4.69) is 22.1 Å². The molecule has 0 fully saturated rings. The van der Waals surface area contributed by atoms with Crippen molar-refractivity contribution < 1.29 is 23.4 Å². The average Bonchev–Trinajstić information content (AvgIpc) is 3.23. The Labute approximate surface area is 202 Å². The van der Waals surface area contributed by atoms with E-state index in [1.165, 1.54) is 17.8 Å². The molecule has 0 saturated carbocycles. The maximum Gasteiger partial charge on any atom is 0.230 e. The predicted octanol–water partition coefficient (Wildman–Crippen LogP) is 3.87. The molecule has 180 valence electrons. The lowest BCUT2D eigenvalue weighted by atomic mass is 10.3. The van der Waals surface area contributed by atoms with E-state index in [1.807, 2.05) is 31.2 Å². The van der Waals surface area contributed by atoms with Crippen molar-refractivity contribution >= 4 is 17.7 Å². The zero-order valence-electron chi connectivity index (χ0n) is 18.9. The third-order valence-corrected chi connectivity index (χ3v) is 5.43. The lowest BCUT2D eigenvalue weighted by Gasteiger charge is -2.10. The monoisotopic (exact) mass is 486 g/mol. The maximum atomic E-state index is 13.8. The summed E-state index contributed by atoms with van der Waals surface area (Å²) in [5.74, 6) is 1.69. The molecule has 0 aliphatic carbocycles. The minimum Gasteiger partial charge on any atom is -0.494 e.